The summed E-state index contributed by atoms with van der Waals surface area (Å²) in [6.07, 6.45) is 7.27. The standard InChI is InChI=1S/C31H38N6O4/c1-20(39)36-12-9-31(40,19-36)26-15-32-30(35-10-7-21(18-38)8-11-35)34-29(26)41-25-16-37(17-25)28-6-5-24-13-22-3-2-4-23(22)14-27(24)33-28/h5-6,13-15,21,25,38,40H,2-4,7-12,16-19H2,1H3. The predicted molar refractivity (Wildman–Crippen MR) is 155 cm³/mol. The minimum atomic E-state index is -1.26. The van der Waals surface area contributed by atoms with Crippen molar-refractivity contribution < 1.29 is 19.7 Å². The number of benzene rings is 1. The lowest BCUT2D eigenvalue weighted by atomic mass is 9.95. The first-order valence-electron chi connectivity index (χ1n) is 14.9. The maximum atomic E-state index is 12.0. The first-order valence-corrected chi connectivity index (χ1v) is 14.9. The molecule has 0 saturated carbocycles. The lowest BCUT2D eigenvalue weighted by molar-refractivity contribution is -0.128. The Hall–Kier alpha value is -3.50. The summed E-state index contributed by atoms with van der Waals surface area (Å²) in [4.78, 5) is 32.4. The second kappa shape index (κ2) is 10.4. The summed E-state index contributed by atoms with van der Waals surface area (Å²) >= 11 is 0. The fraction of sp³-hybridized carbons (Fsp3) is 0.548. The number of aryl methyl sites for hydroxylation is 2. The van der Waals surface area contributed by atoms with E-state index in [-0.39, 0.29) is 25.2 Å². The van der Waals surface area contributed by atoms with Crippen molar-refractivity contribution in [2.45, 2.75) is 57.2 Å². The number of carbonyl (C=O) groups is 1. The highest BCUT2D eigenvalue weighted by Crippen LogP contribution is 2.38. The molecular formula is C31H38N6O4. The maximum absolute atomic E-state index is 12.0. The number of carbonyl (C=O) groups excluding carboxylic acids is 1. The summed E-state index contributed by atoms with van der Waals surface area (Å²) in [5, 5.41) is 22.3. The first-order chi connectivity index (χ1) is 19.9. The minimum absolute atomic E-state index is 0.0600. The summed E-state index contributed by atoms with van der Waals surface area (Å²) in [5.41, 5.74) is 3.20. The quantitative estimate of drug-likeness (QED) is 0.471. The van der Waals surface area contributed by atoms with Gasteiger partial charge >= 0.3 is 0 Å². The molecule has 10 nitrogen and oxygen atoms in total. The van der Waals surface area contributed by atoms with Crippen LogP contribution in [0.5, 0.6) is 5.88 Å². The number of ether oxygens (including phenoxy) is 1. The number of aromatic nitrogens is 3. The zero-order valence-electron chi connectivity index (χ0n) is 23.6. The minimum Gasteiger partial charge on any atom is -0.470 e. The largest absolute Gasteiger partial charge is 0.470 e. The summed E-state index contributed by atoms with van der Waals surface area (Å²) < 4.78 is 6.48. The van der Waals surface area contributed by atoms with Crippen LogP contribution in [0, 0.1) is 5.92 Å². The second-order valence-corrected chi connectivity index (χ2v) is 12.2. The normalized spacial score (nSPS) is 23.2. The first kappa shape index (κ1) is 26.4. The number of β-amino-alcohol motifs (C(OH)–C–C–N with tert-alkyl or cyclic N) is 1. The van der Waals surface area contributed by atoms with Gasteiger partial charge in [0.2, 0.25) is 17.7 Å². The van der Waals surface area contributed by atoms with E-state index in [1.54, 1.807) is 11.1 Å². The molecule has 2 N–H and O–H groups in total. The van der Waals surface area contributed by atoms with Crippen LogP contribution in [0.25, 0.3) is 10.9 Å². The molecule has 0 radical (unpaired) electrons. The molecule has 1 unspecified atom stereocenters. The van der Waals surface area contributed by atoms with Crippen molar-refractivity contribution in [1.29, 1.82) is 0 Å². The van der Waals surface area contributed by atoms with Crippen molar-refractivity contribution >= 4 is 28.6 Å². The van der Waals surface area contributed by atoms with Crippen LogP contribution in [-0.2, 0) is 23.2 Å². The van der Waals surface area contributed by atoms with E-state index in [1.165, 1.54) is 29.9 Å². The molecule has 3 saturated heterocycles. The molecule has 7 rings (SSSR count). The van der Waals surface area contributed by atoms with Crippen LogP contribution in [0.3, 0.4) is 0 Å². The molecule has 3 aromatic rings. The van der Waals surface area contributed by atoms with Crippen LogP contribution >= 0.6 is 0 Å². The van der Waals surface area contributed by atoms with Gasteiger partial charge in [0.15, 0.2) is 0 Å². The van der Waals surface area contributed by atoms with Crippen LogP contribution in [0.1, 0.15) is 49.3 Å². The number of aliphatic hydroxyl groups is 2. The second-order valence-electron chi connectivity index (χ2n) is 12.2. The highest BCUT2D eigenvalue weighted by molar-refractivity contribution is 5.82. The third kappa shape index (κ3) is 4.97. The van der Waals surface area contributed by atoms with Gasteiger partial charge < -0.3 is 29.6 Å². The third-order valence-electron chi connectivity index (χ3n) is 9.43. The Kier molecular flexibility index (Phi) is 6.70. The lowest BCUT2D eigenvalue weighted by Crippen LogP contribution is -2.54. The van der Waals surface area contributed by atoms with Gasteiger partial charge in [-0.15, -0.1) is 0 Å². The van der Waals surface area contributed by atoms with Crippen LogP contribution in [0.15, 0.2) is 30.5 Å². The zero-order chi connectivity index (χ0) is 28.1. The summed E-state index contributed by atoms with van der Waals surface area (Å²) in [6.45, 7) is 5.27. The van der Waals surface area contributed by atoms with Crippen molar-refractivity contribution in [2.24, 2.45) is 5.92 Å². The number of fused-ring (bicyclic) bond motifs is 2. The van der Waals surface area contributed by atoms with Crippen molar-refractivity contribution in [2.75, 3.05) is 55.7 Å². The molecule has 1 atom stereocenters. The van der Waals surface area contributed by atoms with Crippen LogP contribution in [0.4, 0.5) is 11.8 Å². The van der Waals surface area contributed by atoms with Gasteiger partial charge in [-0.1, -0.05) is 0 Å². The van der Waals surface area contributed by atoms with E-state index < -0.39 is 5.60 Å². The van der Waals surface area contributed by atoms with Crippen LogP contribution in [-0.4, -0.2) is 88.0 Å². The Labute approximate surface area is 240 Å². The number of hydrogen-bond donors (Lipinski definition) is 2. The summed E-state index contributed by atoms with van der Waals surface area (Å²) in [6, 6.07) is 8.79. The van der Waals surface area contributed by atoms with Crippen LogP contribution < -0.4 is 14.5 Å². The van der Waals surface area contributed by atoms with E-state index in [9.17, 15) is 15.0 Å². The Morgan fingerprint density at radius 3 is 2.59 bits per heavy atom. The maximum Gasteiger partial charge on any atom is 0.228 e. The number of rotatable bonds is 6. The van der Waals surface area contributed by atoms with Crippen molar-refractivity contribution in [3.63, 3.8) is 0 Å². The Bertz CT molecular complexity index is 1470. The molecule has 3 fully saturated rings. The third-order valence-corrected chi connectivity index (χ3v) is 9.43. The lowest BCUT2D eigenvalue weighted by Gasteiger charge is -2.40. The van der Waals surface area contributed by atoms with E-state index in [4.69, 9.17) is 14.7 Å². The van der Waals surface area contributed by atoms with Crippen molar-refractivity contribution in [3.05, 3.63) is 47.2 Å². The molecule has 1 amide bonds. The molecule has 1 aromatic carbocycles. The predicted octanol–water partition coefficient (Wildman–Crippen LogP) is 2.43. The molecule has 10 heteroatoms. The molecule has 216 valence electrons. The van der Waals surface area contributed by atoms with Crippen molar-refractivity contribution in [3.8, 4) is 5.88 Å². The number of hydrogen-bond acceptors (Lipinski definition) is 9. The van der Waals surface area contributed by atoms with E-state index in [1.807, 2.05) is 0 Å². The monoisotopic (exact) mass is 558 g/mol. The smallest absolute Gasteiger partial charge is 0.228 e. The SMILES string of the molecule is CC(=O)N1CCC(O)(c2cnc(N3CCC(CO)CC3)nc2OC2CN(c3ccc4cc5c(cc4n3)CCC5)C2)C1. The fourth-order valence-electron chi connectivity index (χ4n) is 6.74. The number of likely N-dealkylation sites (tertiary alicyclic amines) is 1. The topological polar surface area (TPSA) is 115 Å². The van der Waals surface area contributed by atoms with Crippen LogP contribution in [0.2, 0.25) is 0 Å². The van der Waals surface area contributed by atoms with Gasteiger partial charge in [-0.25, -0.2) is 9.97 Å². The molecule has 3 aliphatic heterocycles. The number of nitrogens with zero attached hydrogens (tertiary/aromatic N) is 6. The van der Waals surface area contributed by atoms with E-state index in [0.29, 0.717) is 49.4 Å². The number of piperidine rings is 1. The number of pyridine rings is 1. The molecular weight excluding hydrogens is 520 g/mol. The van der Waals surface area contributed by atoms with E-state index >= 15 is 0 Å². The molecule has 0 spiro atoms. The summed E-state index contributed by atoms with van der Waals surface area (Å²) in [7, 11) is 0. The fourth-order valence-corrected chi connectivity index (χ4v) is 6.74. The molecule has 41 heavy (non-hydrogen) atoms. The van der Waals surface area contributed by atoms with Gasteiger partial charge in [0.1, 0.15) is 17.5 Å². The highest BCUT2D eigenvalue weighted by Gasteiger charge is 2.43. The number of aliphatic hydroxyl groups excluding tert-OH is 1. The van der Waals surface area contributed by atoms with Gasteiger partial charge in [-0.2, -0.15) is 4.98 Å². The molecule has 4 aliphatic rings. The van der Waals surface area contributed by atoms with Crippen molar-refractivity contribution in [1.82, 2.24) is 19.9 Å². The van der Waals surface area contributed by atoms with E-state index in [2.05, 4.69) is 39.0 Å². The number of amides is 1. The van der Waals surface area contributed by atoms with Gasteiger partial charge in [0, 0.05) is 44.7 Å². The molecule has 5 heterocycles. The Morgan fingerprint density at radius 2 is 1.85 bits per heavy atom. The average Bonchev–Trinajstić information content (AvgIpc) is 3.60. The Morgan fingerprint density at radius 1 is 1.07 bits per heavy atom. The molecule has 2 aromatic heterocycles. The average molecular weight is 559 g/mol. The van der Waals surface area contributed by atoms with Gasteiger partial charge in [-0.3, -0.25) is 4.79 Å². The van der Waals surface area contributed by atoms with E-state index in [0.717, 1.165) is 50.1 Å². The van der Waals surface area contributed by atoms with Gasteiger partial charge in [0.25, 0.3) is 0 Å². The molecule has 1 aliphatic carbocycles. The van der Waals surface area contributed by atoms with Gasteiger partial charge in [-0.05, 0) is 79.8 Å². The highest BCUT2D eigenvalue weighted by atomic mass is 16.5. The summed E-state index contributed by atoms with van der Waals surface area (Å²) in [5.74, 6) is 2.15. The zero-order valence-corrected chi connectivity index (χ0v) is 23.6. The van der Waals surface area contributed by atoms with Gasteiger partial charge in [0.05, 0.1) is 30.7 Å². The number of anilines is 2. The molecule has 0 bridgehead atoms. The Balaban J connectivity index is 1.10.